The van der Waals surface area contributed by atoms with E-state index >= 15 is 0 Å². The zero-order chi connectivity index (χ0) is 24.8. The van der Waals surface area contributed by atoms with Gasteiger partial charge in [0.15, 0.2) is 0 Å². The number of amides is 1. The second-order valence-corrected chi connectivity index (χ2v) is 10.9. The molecule has 0 bridgehead atoms. The molecule has 3 aromatic rings. The van der Waals surface area contributed by atoms with E-state index in [1.54, 1.807) is 30.3 Å². The zero-order valence-electron chi connectivity index (χ0n) is 20.1. The first kappa shape index (κ1) is 25.3. The van der Waals surface area contributed by atoms with Crippen molar-refractivity contribution in [1.29, 1.82) is 0 Å². The molecule has 0 saturated carbocycles. The van der Waals surface area contributed by atoms with E-state index in [2.05, 4.69) is 26.1 Å². The van der Waals surface area contributed by atoms with Crippen LogP contribution in [0, 0.1) is 6.92 Å². The quantitative estimate of drug-likeness (QED) is 0.451. The fourth-order valence-electron chi connectivity index (χ4n) is 3.61. The van der Waals surface area contributed by atoms with Crippen LogP contribution in [0.4, 0.5) is 5.69 Å². The molecule has 180 valence electrons. The maximum absolute atomic E-state index is 13.4. The number of nitrogens with zero attached hydrogens (tertiary/aromatic N) is 1. The molecule has 1 N–H and O–H groups in total. The van der Waals surface area contributed by atoms with Crippen LogP contribution in [0.25, 0.3) is 0 Å². The minimum Gasteiger partial charge on any atom is -0.491 e. The molecule has 1 amide bonds. The van der Waals surface area contributed by atoms with Crippen LogP contribution in [-0.2, 0) is 20.2 Å². The van der Waals surface area contributed by atoms with Gasteiger partial charge < -0.3 is 10.1 Å². The molecule has 0 aliphatic carbocycles. The highest BCUT2D eigenvalue weighted by Gasteiger charge is 2.28. The predicted molar refractivity (Wildman–Crippen MR) is 136 cm³/mol. The lowest BCUT2D eigenvalue weighted by molar-refractivity contribution is -0.119. The number of rotatable bonds is 9. The third kappa shape index (κ3) is 6.17. The standard InChI is InChI=1S/C27H32N2O4S/c1-21-12-8-10-16-24(21)29(34(31,32)22-13-6-5-7-14-22)20-26(30)28-18-19-33-25-17-11-9-15-23(25)27(2,3)4/h5-17H,18-20H2,1-4H3,(H,28,30). The summed E-state index contributed by atoms with van der Waals surface area (Å²) in [5, 5.41) is 2.78. The Morgan fingerprint density at radius 1 is 0.912 bits per heavy atom. The van der Waals surface area contributed by atoms with Crippen LogP contribution in [0.3, 0.4) is 0 Å². The summed E-state index contributed by atoms with van der Waals surface area (Å²) in [4.78, 5) is 12.9. The highest BCUT2D eigenvalue weighted by Crippen LogP contribution is 2.31. The highest BCUT2D eigenvalue weighted by molar-refractivity contribution is 7.92. The normalized spacial score (nSPS) is 11.6. The second kappa shape index (κ2) is 10.7. The SMILES string of the molecule is Cc1ccccc1N(CC(=O)NCCOc1ccccc1C(C)(C)C)S(=O)(=O)c1ccccc1. The summed E-state index contributed by atoms with van der Waals surface area (Å²) in [6.45, 7) is 8.36. The first-order valence-electron chi connectivity index (χ1n) is 11.2. The van der Waals surface area contributed by atoms with Crippen molar-refractivity contribution in [3.8, 4) is 5.75 Å². The zero-order valence-corrected chi connectivity index (χ0v) is 20.9. The Kier molecular flexibility index (Phi) is 7.99. The van der Waals surface area contributed by atoms with Crippen molar-refractivity contribution in [3.63, 3.8) is 0 Å². The average molecular weight is 481 g/mol. The maximum Gasteiger partial charge on any atom is 0.264 e. The van der Waals surface area contributed by atoms with Gasteiger partial charge in [-0.05, 0) is 47.7 Å². The fourth-order valence-corrected chi connectivity index (χ4v) is 5.12. The number of nitrogens with one attached hydrogen (secondary N) is 1. The smallest absolute Gasteiger partial charge is 0.264 e. The largest absolute Gasteiger partial charge is 0.491 e. The molecule has 0 atom stereocenters. The Morgan fingerprint density at radius 2 is 1.53 bits per heavy atom. The second-order valence-electron chi connectivity index (χ2n) is 9.06. The average Bonchev–Trinajstić information content (AvgIpc) is 2.81. The molecule has 0 spiro atoms. The molecule has 7 heteroatoms. The molecule has 0 aromatic heterocycles. The molecular formula is C27H32N2O4S. The van der Waals surface area contributed by atoms with Crippen molar-refractivity contribution in [2.75, 3.05) is 24.0 Å². The molecule has 0 heterocycles. The molecule has 3 rings (SSSR count). The molecular weight excluding hydrogens is 448 g/mol. The molecule has 6 nitrogen and oxygen atoms in total. The third-order valence-electron chi connectivity index (χ3n) is 5.38. The van der Waals surface area contributed by atoms with E-state index in [4.69, 9.17) is 4.74 Å². The van der Waals surface area contributed by atoms with E-state index in [0.29, 0.717) is 5.69 Å². The van der Waals surface area contributed by atoms with Gasteiger partial charge in [0.25, 0.3) is 10.0 Å². The van der Waals surface area contributed by atoms with Gasteiger partial charge in [0.1, 0.15) is 18.9 Å². The predicted octanol–water partition coefficient (Wildman–Crippen LogP) is 4.68. The number of para-hydroxylation sites is 2. The van der Waals surface area contributed by atoms with Crippen molar-refractivity contribution in [3.05, 3.63) is 90.0 Å². The van der Waals surface area contributed by atoms with Crippen molar-refractivity contribution >= 4 is 21.6 Å². The van der Waals surface area contributed by atoms with E-state index < -0.39 is 15.9 Å². The number of anilines is 1. The van der Waals surface area contributed by atoms with Crippen molar-refractivity contribution < 1.29 is 17.9 Å². The van der Waals surface area contributed by atoms with E-state index in [1.807, 2.05) is 43.3 Å². The molecule has 0 saturated heterocycles. The Balaban J connectivity index is 1.70. The Hall–Kier alpha value is -3.32. The molecule has 0 unspecified atom stereocenters. The van der Waals surface area contributed by atoms with Gasteiger partial charge in [0, 0.05) is 0 Å². The number of carbonyl (C=O) groups excluding carboxylic acids is 1. The van der Waals surface area contributed by atoms with Gasteiger partial charge in [-0.25, -0.2) is 8.42 Å². The van der Waals surface area contributed by atoms with Crippen LogP contribution < -0.4 is 14.4 Å². The van der Waals surface area contributed by atoms with Crippen molar-refractivity contribution in [1.82, 2.24) is 5.32 Å². The van der Waals surface area contributed by atoms with Gasteiger partial charge in [-0.15, -0.1) is 0 Å². The molecule has 0 aliphatic heterocycles. The fraction of sp³-hybridized carbons (Fsp3) is 0.296. The van der Waals surface area contributed by atoms with Crippen LogP contribution in [0.1, 0.15) is 31.9 Å². The molecule has 0 fully saturated rings. The van der Waals surface area contributed by atoms with E-state index in [0.717, 1.165) is 21.2 Å². The molecule has 0 aliphatic rings. The van der Waals surface area contributed by atoms with Gasteiger partial charge in [-0.3, -0.25) is 9.10 Å². The van der Waals surface area contributed by atoms with Crippen LogP contribution in [0.15, 0.2) is 83.8 Å². The van der Waals surface area contributed by atoms with E-state index in [1.165, 1.54) is 12.1 Å². The molecule has 34 heavy (non-hydrogen) atoms. The van der Waals surface area contributed by atoms with E-state index in [-0.39, 0.29) is 30.0 Å². The number of hydrogen-bond donors (Lipinski definition) is 1. The topological polar surface area (TPSA) is 75.7 Å². The number of hydrogen-bond acceptors (Lipinski definition) is 4. The van der Waals surface area contributed by atoms with E-state index in [9.17, 15) is 13.2 Å². The van der Waals surface area contributed by atoms with Gasteiger partial charge in [-0.1, -0.05) is 75.4 Å². The Morgan fingerprint density at radius 3 is 2.21 bits per heavy atom. The Bertz CT molecular complexity index is 1220. The summed E-state index contributed by atoms with van der Waals surface area (Å²) >= 11 is 0. The van der Waals surface area contributed by atoms with Crippen LogP contribution in [0.2, 0.25) is 0 Å². The van der Waals surface area contributed by atoms with Crippen molar-refractivity contribution in [2.45, 2.75) is 38.0 Å². The summed E-state index contributed by atoms with van der Waals surface area (Å²) in [6.07, 6.45) is 0. The number of carbonyl (C=O) groups is 1. The van der Waals surface area contributed by atoms with Crippen molar-refractivity contribution in [2.24, 2.45) is 0 Å². The highest BCUT2D eigenvalue weighted by atomic mass is 32.2. The van der Waals surface area contributed by atoms with Gasteiger partial charge in [-0.2, -0.15) is 0 Å². The molecule has 0 radical (unpaired) electrons. The van der Waals surface area contributed by atoms with Crippen LogP contribution >= 0.6 is 0 Å². The number of benzene rings is 3. The van der Waals surface area contributed by atoms with Gasteiger partial charge >= 0.3 is 0 Å². The summed E-state index contributed by atoms with van der Waals surface area (Å²) in [5.74, 6) is 0.368. The van der Waals surface area contributed by atoms with Crippen LogP contribution in [0.5, 0.6) is 5.75 Å². The Labute approximate surface area is 202 Å². The minimum atomic E-state index is -3.93. The monoisotopic (exact) mass is 480 g/mol. The van der Waals surface area contributed by atoms with Crippen LogP contribution in [-0.4, -0.2) is 34.0 Å². The minimum absolute atomic E-state index is 0.0698. The van der Waals surface area contributed by atoms with Gasteiger partial charge in [0.05, 0.1) is 17.1 Å². The third-order valence-corrected chi connectivity index (χ3v) is 7.15. The number of sulfonamides is 1. The van der Waals surface area contributed by atoms with Gasteiger partial charge in [0.2, 0.25) is 5.91 Å². The molecule has 3 aromatic carbocycles. The summed E-state index contributed by atoms with van der Waals surface area (Å²) in [6, 6.07) is 23.1. The maximum atomic E-state index is 13.4. The number of aryl methyl sites for hydroxylation is 1. The summed E-state index contributed by atoms with van der Waals surface area (Å²) in [7, 11) is -3.93. The number of ether oxygens (including phenoxy) is 1. The summed E-state index contributed by atoms with van der Waals surface area (Å²) < 4.78 is 33.8. The first-order valence-corrected chi connectivity index (χ1v) is 12.7. The lowest BCUT2D eigenvalue weighted by atomic mass is 9.86. The lowest BCUT2D eigenvalue weighted by Gasteiger charge is -2.25. The lowest BCUT2D eigenvalue weighted by Crippen LogP contribution is -2.42. The first-order chi connectivity index (χ1) is 16.1. The summed E-state index contributed by atoms with van der Waals surface area (Å²) in [5.41, 5.74) is 2.24.